The largest absolute Gasteiger partial charge is 0.379 e. The summed E-state index contributed by atoms with van der Waals surface area (Å²) in [5.74, 6) is 2.21. The van der Waals surface area contributed by atoms with Crippen LogP contribution in [-0.2, 0) is 4.74 Å². The van der Waals surface area contributed by atoms with Gasteiger partial charge in [-0.15, -0.1) is 0 Å². The topological polar surface area (TPSA) is 79.0 Å². The maximum absolute atomic E-state index is 5.67. The van der Waals surface area contributed by atoms with Crippen molar-refractivity contribution in [2.24, 2.45) is 5.92 Å². The van der Waals surface area contributed by atoms with Crippen molar-refractivity contribution >= 4 is 22.9 Å². The molecule has 0 aromatic carbocycles. The maximum atomic E-state index is 5.67. The normalized spacial score (nSPS) is 14.7. The average Bonchev–Trinajstić information content (AvgIpc) is 3.17. The molecule has 0 saturated heterocycles. The smallest absolute Gasteiger partial charge is 0.226 e. The number of aromatic nitrogens is 4. The van der Waals surface area contributed by atoms with E-state index in [2.05, 4.69) is 30.2 Å². The molecule has 0 radical (unpaired) electrons. The minimum absolute atomic E-state index is 0.574. The van der Waals surface area contributed by atoms with Gasteiger partial charge in [0, 0.05) is 27.2 Å². The van der Waals surface area contributed by atoms with E-state index in [0.717, 1.165) is 30.4 Å². The van der Waals surface area contributed by atoms with Gasteiger partial charge in [-0.25, -0.2) is 4.98 Å². The third-order valence-electron chi connectivity index (χ3n) is 3.47. The Morgan fingerprint density at radius 2 is 2.30 bits per heavy atom. The van der Waals surface area contributed by atoms with Crippen LogP contribution in [0, 0.1) is 5.92 Å². The van der Waals surface area contributed by atoms with Crippen LogP contribution in [0.5, 0.6) is 0 Å². The first kappa shape index (κ1) is 13.1. The summed E-state index contributed by atoms with van der Waals surface area (Å²) >= 11 is 0. The molecule has 1 saturated carbocycles. The van der Waals surface area contributed by atoms with Crippen molar-refractivity contribution in [3.05, 3.63) is 6.33 Å². The van der Waals surface area contributed by atoms with Gasteiger partial charge >= 0.3 is 0 Å². The molecule has 2 heterocycles. The molecular formula is C13H20N6O. The molecule has 0 unspecified atom stereocenters. The zero-order chi connectivity index (χ0) is 13.9. The predicted octanol–water partition coefficient (Wildman–Crippen LogP) is 1.26. The molecule has 108 valence electrons. The third-order valence-corrected chi connectivity index (χ3v) is 3.47. The first-order valence-electron chi connectivity index (χ1n) is 6.95. The molecule has 0 aliphatic heterocycles. The predicted molar refractivity (Wildman–Crippen MR) is 78.0 cm³/mol. The van der Waals surface area contributed by atoms with Gasteiger partial charge in [0.15, 0.2) is 11.5 Å². The number of ether oxygens (including phenoxy) is 1. The summed E-state index contributed by atoms with van der Waals surface area (Å²) in [5, 5.41) is 2.96. The van der Waals surface area contributed by atoms with Gasteiger partial charge in [-0.05, 0) is 18.8 Å². The second kappa shape index (κ2) is 5.62. The summed E-state index contributed by atoms with van der Waals surface area (Å²) < 4.78 is 5.67. The highest BCUT2D eigenvalue weighted by atomic mass is 16.5. The maximum Gasteiger partial charge on any atom is 0.226 e. The second-order valence-corrected chi connectivity index (χ2v) is 5.16. The van der Waals surface area contributed by atoms with E-state index in [1.165, 1.54) is 12.8 Å². The quantitative estimate of drug-likeness (QED) is 0.741. The molecule has 2 aromatic heterocycles. The fourth-order valence-corrected chi connectivity index (χ4v) is 2.05. The molecular weight excluding hydrogens is 256 g/mol. The molecule has 1 aliphatic carbocycles. The van der Waals surface area contributed by atoms with E-state index in [4.69, 9.17) is 4.74 Å². The minimum atomic E-state index is 0.574. The average molecular weight is 276 g/mol. The van der Waals surface area contributed by atoms with E-state index in [9.17, 15) is 0 Å². The Bertz CT molecular complexity index is 579. The van der Waals surface area contributed by atoms with Crippen molar-refractivity contribution in [2.45, 2.75) is 12.8 Å². The van der Waals surface area contributed by atoms with Gasteiger partial charge in [-0.2, -0.15) is 9.97 Å². The van der Waals surface area contributed by atoms with Gasteiger partial charge in [0.25, 0.3) is 0 Å². The number of imidazole rings is 1. The highest BCUT2D eigenvalue weighted by Crippen LogP contribution is 2.28. The SMILES string of the molecule is CNc1nc(N(C)CCOCC2CC2)c2[nH]cnc2n1. The number of aromatic amines is 1. The lowest BCUT2D eigenvalue weighted by Crippen LogP contribution is -2.24. The molecule has 2 N–H and O–H groups in total. The van der Waals surface area contributed by atoms with E-state index < -0.39 is 0 Å². The Kier molecular flexibility index (Phi) is 3.68. The molecule has 0 spiro atoms. The Hall–Kier alpha value is -1.89. The monoisotopic (exact) mass is 276 g/mol. The fraction of sp³-hybridized carbons (Fsp3) is 0.615. The molecule has 1 aliphatic rings. The number of rotatable bonds is 7. The number of H-pyrrole nitrogens is 1. The van der Waals surface area contributed by atoms with Crippen molar-refractivity contribution in [3.63, 3.8) is 0 Å². The molecule has 7 nitrogen and oxygen atoms in total. The third kappa shape index (κ3) is 2.82. The van der Waals surface area contributed by atoms with Crippen molar-refractivity contribution in [3.8, 4) is 0 Å². The van der Waals surface area contributed by atoms with E-state index >= 15 is 0 Å². The van der Waals surface area contributed by atoms with Crippen molar-refractivity contribution in [1.82, 2.24) is 19.9 Å². The molecule has 0 bridgehead atoms. The van der Waals surface area contributed by atoms with Gasteiger partial charge in [0.05, 0.1) is 12.9 Å². The number of likely N-dealkylation sites (N-methyl/N-ethyl adjacent to an activating group) is 1. The number of fused-ring (bicyclic) bond motifs is 1. The molecule has 0 atom stereocenters. The Morgan fingerprint density at radius 3 is 3.05 bits per heavy atom. The Labute approximate surface area is 117 Å². The number of hydrogen-bond donors (Lipinski definition) is 2. The van der Waals surface area contributed by atoms with Crippen LogP contribution in [0.4, 0.5) is 11.8 Å². The van der Waals surface area contributed by atoms with Crippen LogP contribution in [0.3, 0.4) is 0 Å². The number of nitrogens with zero attached hydrogens (tertiary/aromatic N) is 4. The van der Waals surface area contributed by atoms with Crippen LogP contribution in [0.2, 0.25) is 0 Å². The molecule has 20 heavy (non-hydrogen) atoms. The summed E-state index contributed by atoms with van der Waals surface area (Å²) in [4.78, 5) is 18.1. The van der Waals surface area contributed by atoms with Crippen molar-refractivity contribution < 1.29 is 4.74 Å². The van der Waals surface area contributed by atoms with Gasteiger partial charge in [-0.3, -0.25) is 0 Å². The summed E-state index contributed by atoms with van der Waals surface area (Å²) in [6.45, 7) is 2.39. The van der Waals surface area contributed by atoms with Gasteiger partial charge < -0.3 is 19.9 Å². The van der Waals surface area contributed by atoms with Crippen molar-refractivity contribution in [2.75, 3.05) is 44.1 Å². The summed E-state index contributed by atoms with van der Waals surface area (Å²) in [5.41, 5.74) is 1.53. The van der Waals surface area contributed by atoms with Gasteiger partial charge in [0.2, 0.25) is 5.95 Å². The zero-order valence-corrected chi connectivity index (χ0v) is 11.9. The van der Waals surface area contributed by atoms with E-state index in [-0.39, 0.29) is 0 Å². The van der Waals surface area contributed by atoms with Crippen LogP contribution < -0.4 is 10.2 Å². The first-order chi connectivity index (χ1) is 9.78. The lowest BCUT2D eigenvalue weighted by molar-refractivity contribution is 0.131. The van der Waals surface area contributed by atoms with Crippen LogP contribution >= 0.6 is 0 Å². The molecule has 2 aromatic rings. The molecule has 3 rings (SSSR count). The highest BCUT2D eigenvalue weighted by Gasteiger charge is 2.21. The summed E-state index contributed by atoms with van der Waals surface area (Å²) in [7, 11) is 3.80. The highest BCUT2D eigenvalue weighted by molar-refractivity contribution is 5.84. The Morgan fingerprint density at radius 1 is 1.45 bits per heavy atom. The number of anilines is 2. The van der Waals surface area contributed by atoms with E-state index in [1.807, 2.05) is 7.05 Å². The number of nitrogens with one attached hydrogen (secondary N) is 2. The van der Waals surface area contributed by atoms with Crippen LogP contribution in [0.1, 0.15) is 12.8 Å². The van der Waals surface area contributed by atoms with E-state index in [1.54, 1.807) is 13.4 Å². The first-order valence-corrected chi connectivity index (χ1v) is 6.95. The van der Waals surface area contributed by atoms with Crippen molar-refractivity contribution in [1.29, 1.82) is 0 Å². The number of hydrogen-bond acceptors (Lipinski definition) is 6. The molecule has 0 amide bonds. The zero-order valence-electron chi connectivity index (χ0n) is 11.9. The molecule has 1 fully saturated rings. The fourth-order valence-electron chi connectivity index (χ4n) is 2.05. The standard InChI is InChI=1S/C13H20N6O/c1-14-13-17-11-10(15-8-16-11)12(18-13)19(2)5-6-20-7-9-3-4-9/h8-9H,3-7H2,1-2H3,(H2,14,15,16,17,18). The van der Waals surface area contributed by atoms with Crippen LogP contribution in [0.15, 0.2) is 6.33 Å². The van der Waals surface area contributed by atoms with Gasteiger partial charge in [0.1, 0.15) is 5.52 Å². The van der Waals surface area contributed by atoms with Crippen LogP contribution in [-0.4, -0.2) is 53.8 Å². The molecule has 7 heteroatoms. The van der Waals surface area contributed by atoms with Crippen LogP contribution in [0.25, 0.3) is 11.2 Å². The summed E-state index contributed by atoms with van der Waals surface area (Å²) in [6, 6.07) is 0. The lowest BCUT2D eigenvalue weighted by Gasteiger charge is -2.19. The minimum Gasteiger partial charge on any atom is -0.379 e. The second-order valence-electron chi connectivity index (χ2n) is 5.16. The van der Waals surface area contributed by atoms with E-state index in [0.29, 0.717) is 18.2 Å². The Balaban J connectivity index is 1.68. The van der Waals surface area contributed by atoms with Gasteiger partial charge in [-0.1, -0.05) is 0 Å². The summed E-state index contributed by atoms with van der Waals surface area (Å²) in [6.07, 6.45) is 4.28. The lowest BCUT2D eigenvalue weighted by atomic mass is 10.4.